The van der Waals surface area contributed by atoms with Crippen molar-refractivity contribution in [1.29, 1.82) is 0 Å². The molecule has 2 aromatic carbocycles. The Morgan fingerprint density at radius 2 is 1.48 bits per heavy atom. The number of carbonyl (C=O) groups is 2. The summed E-state index contributed by atoms with van der Waals surface area (Å²) in [4.78, 5) is 31.6. The minimum absolute atomic E-state index is 0.324. The van der Waals surface area contributed by atoms with Crippen LogP contribution in [0.15, 0.2) is 60.7 Å². The molecule has 4 aromatic rings. The molecule has 5 nitrogen and oxygen atoms in total. The molecule has 0 fully saturated rings. The summed E-state index contributed by atoms with van der Waals surface area (Å²) in [5.41, 5.74) is 2.63. The molecule has 2 N–H and O–H groups in total. The number of aromatic nitrogens is 2. The van der Waals surface area contributed by atoms with Gasteiger partial charge in [-0.15, -0.1) is 0 Å². The quantitative estimate of drug-likeness (QED) is 0.339. The predicted molar refractivity (Wildman–Crippen MR) is 95.7 cm³/mol. The Morgan fingerprint density at radius 3 is 2.08 bits per heavy atom. The molecule has 0 saturated heterocycles. The van der Waals surface area contributed by atoms with Crippen molar-refractivity contribution in [2.24, 2.45) is 0 Å². The Labute approximate surface area is 143 Å². The first-order chi connectivity index (χ1) is 12.2. The van der Waals surface area contributed by atoms with Crippen LogP contribution in [-0.4, -0.2) is 28.8 Å². The van der Waals surface area contributed by atoms with Gasteiger partial charge in [-0.2, -0.15) is 0 Å². The highest BCUT2D eigenvalue weighted by Gasteiger charge is 2.32. The van der Waals surface area contributed by atoms with Crippen LogP contribution in [0.4, 0.5) is 0 Å². The zero-order valence-electron chi connectivity index (χ0n) is 13.6. The third kappa shape index (κ3) is 2.59. The van der Waals surface area contributed by atoms with Gasteiger partial charge in [0.15, 0.2) is 11.7 Å². The van der Waals surface area contributed by atoms with Crippen molar-refractivity contribution in [2.75, 3.05) is 7.11 Å². The van der Waals surface area contributed by atoms with Crippen LogP contribution in [-0.2, 0) is 9.53 Å². The molecule has 4 rings (SSSR count). The van der Waals surface area contributed by atoms with Crippen LogP contribution in [0.25, 0.3) is 21.8 Å². The van der Waals surface area contributed by atoms with Gasteiger partial charge in [0.05, 0.1) is 12.8 Å². The molecule has 25 heavy (non-hydrogen) atoms. The lowest BCUT2D eigenvalue weighted by molar-refractivity contribution is -0.141. The number of H-pyrrole nitrogens is 2. The summed E-state index contributed by atoms with van der Waals surface area (Å²) in [6, 6.07) is 18.8. The normalized spacial score (nSPS) is 12.4. The highest BCUT2D eigenvalue weighted by atomic mass is 16.5. The topological polar surface area (TPSA) is 75.0 Å². The van der Waals surface area contributed by atoms with Gasteiger partial charge < -0.3 is 14.7 Å². The molecule has 2 heterocycles. The number of carbonyl (C=O) groups excluding carboxylic acids is 2. The maximum absolute atomic E-state index is 13.0. The maximum Gasteiger partial charge on any atom is 0.322 e. The van der Waals surface area contributed by atoms with Gasteiger partial charge in [-0.1, -0.05) is 36.4 Å². The summed E-state index contributed by atoms with van der Waals surface area (Å²) in [6.45, 7) is 0. The van der Waals surface area contributed by atoms with Crippen LogP contribution >= 0.6 is 0 Å². The Kier molecular flexibility index (Phi) is 3.61. The lowest BCUT2D eigenvalue weighted by Gasteiger charge is -2.11. The van der Waals surface area contributed by atoms with E-state index < -0.39 is 11.9 Å². The molecular weight excluding hydrogens is 316 g/mol. The minimum Gasteiger partial charge on any atom is -0.468 e. The average Bonchev–Trinajstić information content (AvgIpc) is 3.25. The van der Waals surface area contributed by atoms with Gasteiger partial charge in [0.25, 0.3) is 0 Å². The van der Waals surface area contributed by atoms with E-state index in [1.54, 1.807) is 6.07 Å². The minimum atomic E-state index is -1.04. The molecule has 0 aliphatic heterocycles. The Morgan fingerprint density at radius 1 is 0.880 bits per heavy atom. The number of Topliss-reactive ketones (excluding diaryl/α,β-unsaturated/α-hetero) is 1. The molecule has 5 heteroatoms. The molecule has 0 bridgehead atoms. The fraction of sp³-hybridized carbons (Fsp3) is 0.100. The van der Waals surface area contributed by atoms with Crippen LogP contribution in [0, 0.1) is 0 Å². The van der Waals surface area contributed by atoms with Crippen molar-refractivity contribution in [1.82, 2.24) is 9.97 Å². The van der Waals surface area contributed by atoms with Gasteiger partial charge in [0, 0.05) is 22.1 Å². The summed E-state index contributed by atoms with van der Waals surface area (Å²) < 4.78 is 4.89. The number of rotatable bonds is 4. The van der Waals surface area contributed by atoms with Crippen molar-refractivity contribution in [3.8, 4) is 0 Å². The largest absolute Gasteiger partial charge is 0.468 e. The molecule has 0 saturated carbocycles. The highest BCUT2D eigenvalue weighted by molar-refractivity contribution is 6.13. The fourth-order valence-electron chi connectivity index (χ4n) is 3.11. The molecule has 0 amide bonds. The van der Waals surface area contributed by atoms with Crippen LogP contribution < -0.4 is 0 Å². The van der Waals surface area contributed by atoms with E-state index >= 15 is 0 Å². The second-order valence-corrected chi connectivity index (χ2v) is 5.90. The molecule has 1 unspecified atom stereocenters. The van der Waals surface area contributed by atoms with Gasteiger partial charge >= 0.3 is 5.97 Å². The van der Waals surface area contributed by atoms with E-state index in [0.29, 0.717) is 11.4 Å². The Balaban J connectivity index is 1.80. The zero-order valence-corrected chi connectivity index (χ0v) is 13.6. The predicted octanol–water partition coefficient (Wildman–Crippen LogP) is 3.79. The Bertz CT molecular complexity index is 1020. The first-order valence-corrected chi connectivity index (χ1v) is 7.95. The molecule has 0 radical (unpaired) electrons. The van der Waals surface area contributed by atoms with E-state index in [9.17, 15) is 9.59 Å². The summed E-state index contributed by atoms with van der Waals surface area (Å²) in [5, 5.41) is 1.86. The molecule has 124 valence electrons. The first kappa shape index (κ1) is 15.2. The van der Waals surface area contributed by atoms with Crippen molar-refractivity contribution in [2.45, 2.75) is 5.92 Å². The van der Waals surface area contributed by atoms with E-state index in [2.05, 4.69) is 9.97 Å². The van der Waals surface area contributed by atoms with Crippen LogP contribution in [0.1, 0.15) is 22.1 Å². The van der Waals surface area contributed by atoms with Crippen LogP contribution in [0.3, 0.4) is 0 Å². The third-order valence-electron chi connectivity index (χ3n) is 4.36. The SMILES string of the molecule is COC(=O)C(C(=O)c1cc2ccccc2[nH]1)c1cc2ccccc2[nH]1. The van der Waals surface area contributed by atoms with E-state index in [1.165, 1.54) is 7.11 Å². The lowest BCUT2D eigenvalue weighted by Crippen LogP contribution is -2.24. The molecule has 0 aliphatic rings. The summed E-state index contributed by atoms with van der Waals surface area (Å²) in [6.07, 6.45) is 0. The third-order valence-corrected chi connectivity index (χ3v) is 4.36. The van der Waals surface area contributed by atoms with Crippen molar-refractivity contribution in [3.05, 3.63) is 72.1 Å². The highest BCUT2D eigenvalue weighted by Crippen LogP contribution is 2.27. The van der Waals surface area contributed by atoms with Gasteiger partial charge in [-0.05, 0) is 29.7 Å². The summed E-state index contributed by atoms with van der Waals surface area (Å²) >= 11 is 0. The van der Waals surface area contributed by atoms with E-state index in [4.69, 9.17) is 4.74 Å². The number of ether oxygens (including phenoxy) is 1. The number of methoxy groups -OCH3 is 1. The number of hydrogen-bond acceptors (Lipinski definition) is 3. The standard InChI is InChI=1S/C20H16N2O3/c1-25-20(24)18(16-10-12-6-2-4-8-14(12)21-16)19(23)17-11-13-7-3-5-9-15(13)22-17/h2-11,18,21-22H,1H3. The van der Waals surface area contributed by atoms with Crippen molar-refractivity contribution in [3.63, 3.8) is 0 Å². The molecule has 0 spiro atoms. The zero-order chi connectivity index (χ0) is 17.4. The molecular formula is C20H16N2O3. The number of fused-ring (bicyclic) bond motifs is 2. The maximum atomic E-state index is 13.0. The second kappa shape index (κ2) is 5.94. The lowest BCUT2D eigenvalue weighted by atomic mass is 9.98. The number of esters is 1. The summed E-state index contributed by atoms with van der Waals surface area (Å²) in [7, 11) is 1.29. The molecule has 0 aliphatic carbocycles. The first-order valence-electron chi connectivity index (χ1n) is 7.95. The molecule has 2 aromatic heterocycles. The summed E-state index contributed by atoms with van der Waals surface area (Å²) in [5.74, 6) is -1.95. The van der Waals surface area contributed by atoms with Gasteiger partial charge in [0.1, 0.15) is 0 Å². The smallest absolute Gasteiger partial charge is 0.322 e. The van der Waals surface area contributed by atoms with Gasteiger partial charge in [-0.3, -0.25) is 9.59 Å². The van der Waals surface area contributed by atoms with Crippen LogP contribution in [0.2, 0.25) is 0 Å². The second-order valence-electron chi connectivity index (χ2n) is 5.90. The number of benzene rings is 2. The van der Waals surface area contributed by atoms with Gasteiger partial charge in [0.2, 0.25) is 0 Å². The van der Waals surface area contributed by atoms with E-state index in [1.807, 2.05) is 54.6 Å². The van der Waals surface area contributed by atoms with Crippen LogP contribution in [0.5, 0.6) is 0 Å². The van der Waals surface area contributed by atoms with Crippen molar-refractivity contribution >= 4 is 33.6 Å². The van der Waals surface area contributed by atoms with Crippen molar-refractivity contribution < 1.29 is 14.3 Å². The number of aromatic amines is 2. The number of para-hydroxylation sites is 2. The molecule has 1 atom stereocenters. The number of hydrogen-bond donors (Lipinski definition) is 2. The number of ketones is 1. The van der Waals surface area contributed by atoms with E-state index in [-0.39, 0.29) is 5.78 Å². The fourth-order valence-corrected chi connectivity index (χ4v) is 3.11. The number of nitrogens with one attached hydrogen (secondary N) is 2. The monoisotopic (exact) mass is 332 g/mol. The van der Waals surface area contributed by atoms with E-state index in [0.717, 1.165) is 21.8 Å². The Hall–Kier alpha value is -3.34. The average molecular weight is 332 g/mol. The van der Waals surface area contributed by atoms with Gasteiger partial charge in [-0.25, -0.2) is 0 Å².